The van der Waals surface area contributed by atoms with Crippen molar-refractivity contribution in [3.63, 3.8) is 0 Å². The quantitative estimate of drug-likeness (QED) is 0.509. The molecule has 2 heteroatoms. The van der Waals surface area contributed by atoms with Gasteiger partial charge in [-0.2, -0.15) is 0 Å². The Bertz CT molecular complexity index is 196. The summed E-state index contributed by atoms with van der Waals surface area (Å²) in [5, 5.41) is 0. The summed E-state index contributed by atoms with van der Waals surface area (Å²) in [5.41, 5.74) is 6.66. The fourth-order valence-corrected chi connectivity index (χ4v) is 0.793. The first-order valence-corrected chi connectivity index (χ1v) is 4.06. The fraction of sp³-hybridized carbons (Fsp3) is 0.600. The summed E-state index contributed by atoms with van der Waals surface area (Å²) in [6.07, 6.45) is 3.59. The van der Waals surface area contributed by atoms with E-state index in [0.717, 1.165) is 11.3 Å². The van der Waals surface area contributed by atoms with Crippen molar-refractivity contribution in [1.29, 1.82) is 0 Å². The van der Waals surface area contributed by atoms with Gasteiger partial charge in [-0.15, -0.1) is 0 Å². The van der Waals surface area contributed by atoms with Crippen LogP contribution in [0.5, 0.6) is 0 Å². The molecular weight excluding hydrogens is 150 g/mol. The predicted molar refractivity (Wildman–Crippen MR) is 52.5 cm³/mol. The molecule has 70 valence electrons. The van der Waals surface area contributed by atoms with E-state index in [2.05, 4.69) is 20.8 Å². The summed E-state index contributed by atoms with van der Waals surface area (Å²) in [4.78, 5) is 0. The minimum atomic E-state index is 0.0779. The van der Waals surface area contributed by atoms with Crippen LogP contribution >= 0.6 is 0 Å². The lowest BCUT2D eigenvalue weighted by atomic mass is 9.87. The molecule has 0 spiro atoms. The van der Waals surface area contributed by atoms with Crippen molar-refractivity contribution in [2.24, 2.45) is 11.1 Å². The van der Waals surface area contributed by atoms with Crippen LogP contribution in [0.3, 0.4) is 0 Å². The molecule has 0 rings (SSSR count). The molecule has 2 N–H and O–H groups in total. The summed E-state index contributed by atoms with van der Waals surface area (Å²) < 4.78 is 5.04. The maximum absolute atomic E-state index is 5.50. The van der Waals surface area contributed by atoms with Crippen LogP contribution in [0.2, 0.25) is 0 Å². The summed E-state index contributed by atoms with van der Waals surface area (Å²) >= 11 is 0. The Labute approximate surface area is 75.1 Å². The van der Waals surface area contributed by atoms with Gasteiger partial charge in [-0.25, -0.2) is 0 Å². The minimum absolute atomic E-state index is 0.0779. The third-order valence-corrected chi connectivity index (χ3v) is 1.73. The fourth-order valence-electron chi connectivity index (χ4n) is 0.793. The van der Waals surface area contributed by atoms with Gasteiger partial charge in [-0.1, -0.05) is 20.8 Å². The van der Waals surface area contributed by atoms with Crippen LogP contribution in [0, 0.1) is 5.41 Å². The standard InChI is InChI=1S/C10H19NO/c1-8(12-5)6-9(7-11)10(2,3)4/h6-7H,11H2,1-5H3/b8-6+,9-7+. The lowest BCUT2D eigenvalue weighted by Gasteiger charge is -2.20. The lowest BCUT2D eigenvalue weighted by Crippen LogP contribution is -2.09. The van der Waals surface area contributed by atoms with E-state index < -0.39 is 0 Å². The largest absolute Gasteiger partial charge is 0.501 e. The highest BCUT2D eigenvalue weighted by molar-refractivity contribution is 5.25. The van der Waals surface area contributed by atoms with Crippen molar-refractivity contribution in [3.8, 4) is 0 Å². The van der Waals surface area contributed by atoms with Crippen LogP contribution in [-0.2, 0) is 4.74 Å². The average molecular weight is 169 g/mol. The first-order valence-electron chi connectivity index (χ1n) is 4.06. The van der Waals surface area contributed by atoms with E-state index in [1.807, 2.05) is 13.0 Å². The van der Waals surface area contributed by atoms with E-state index in [0.29, 0.717) is 0 Å². The third kappa shape index (κ3) is 3.46. The molecule has 0 aromatic heterocycles. The molecule has 0 heterocycles. The zero-order chi connectivity index (χ0) is 9.78. The van der Waals surface area contributed by atoms with Crippen LogP contribution < -0.4 is 5.73 Å². The molecule has 0 saturated heterocycles. The van der Waals surface area contributed by atoms with Gasteiger partial charge in [0, 0.05) is 0 Å². The van der Waals surface area contributed by atoms with Crippen LogP contribution in [0.25, 0.3) is 0 Å². The van der Waals surface area contributed by atoms with Crippen LogP contribution in [0.1, 0.15) is 27.7 Å². The number of methoxy groups -OCH3 is 1. The van der Waals surface area contributed by atoms with Gasteiger partial charge in [0.1, 0.15) is 0 Å². The lowest BCUT2D eigenvalue weighted by molar-refractivity contribution is 0.292. The highest BCUT2D eigenvalue weighted by Gasteiger charge is 2.14. The molecule has 0 aliphatic heterocycles. The number of nitrogens with two attached hydrogens (primary N) is 1. The van der Waals surface area contributed by atoms with Gasteiger partial charge in [-0.05, 0) is 30.2 Å². The molecule has 0 aliphatic rings. The summed E-state index contributed by atoms with van der Waals surface area (Å²) in [6, 6.07) is 0. The van der Waals surface area contributed by atoms with E-state index in [1.54, 1.807) is 13.3 Å². The molecule has 12 heavy (non-hydrogen) atoms. The first-order chi connectivity index (χ1) is 5.41. The van der Waals surface area contributed by atoms with Gasteiger partial charge in [0.15, 0.2) is 0 Å². The Balaban J connectivity index is 4.63. The predicted octanol–water partition coefficient (Wildman–Crippen LogP) is 2.43. The van der Waals surface area contributed by atoms with E-state index in [-0.39, 0.29) is 5.41 Å². The summed E-state index contributed by atoms with van der Waals surface area (Å²) in [5.74, 6) is 0.877. The van der Waals surface area contributed by atoms with Crippen molar-refractivity contribution in [2.75, 3.05) is 7.11 Å². The topological polar surface area (TPSA) is 35.2 Å². The Morgan fingerprint density at radius 2 is 1.83 bits per heavy atom. The van der Waals surface area contributed by atoms with Gasteiger partial charge in [0.05, 0.1) is 12.9 Å². The van der Waals surface area contributed by atoms with E-state index in [4.69, 9.17) is 10.5 Å². The first kappa shape index (κ1) is 11.1. The number of allylic oxidation sites excluding steroid dienone is 3. The van der Waals surface area contributed by atoms with Gasteiger partial charge in [-0.3, -0.25) is 0 Å². The van der Waals surface area contributed by atoms with Gasteiger partial charge >= 0.3 is 0 Å². The van der Waals surface area contributed by atoms with Crippen molar-refractivity contribution in [1.82, 2.24) is 0 Å². The smallest absolute Gasteiger partial charge is 0.0928 e. The number of rotatable bonds is 2. The summed E-state index contributed by atoms with van der Waals surface area (Å²) in [6.45, 7) is 8.26. The maximum Gasteiger partial charge on any atom is 0.0928 e. The van der Waals surface area contributed by atoms with Crippen molar-refractivity contribution < 1.29 is 4.74 Å². The Kier molecular flexibility index (Phi) is 3.87. The molecule has 0 radical (unpaired) electrons. The highest BCUT2D eigenvalue weighted by Crippen LogP contribution is 2.26. The second-order valence-electron chi connectivity index (χ2n) is 3.83. The second-order valence-corrected chi connectivity index (χ2v) is 3.83. The SMILES string of the molecule is CO/C(C)=C/C(=C\N)C(C)(C)C. The second kappa shape index (κ2) is 4.19. The zero-order valence-electron chi connectivity index (χ0n) is 8.64. The van der Waals surface area contributed by atoms with E-state index in [9.17, 15) is 0 Å². The highest BCUT2D eigenvalue weighted by atomic mass is 16.5. The molecule has 0 saturated carbocycles. The molecule has 0 unspecified atom stereocenters. The average Bonchev–Trinajstić information content (AvgIpc) is 1.97. The number of ether oxygens (including phenoxy) is 1. The normalized spacial score (nSPS) is 14.8. The minimum Gasteiger partial charge on any atom is -0.501 e. The molecule has 0 amide bonds. The Morgan fingerprint density at radius 3 is 2.08 bits per heavy atom. The molecule has 0 fully saturated rings. The Hall–Kier alpha value is -0.920. The van der Waals surface area contributed by atoms with Crippen molar-refractivity contribution in [3.05, 3.63) is 23.6 Å². The molecule has 2 nitrogen and oxygen atoms in total. The molecule has 0 aromatic rings. The van der Waals surface area contributed by atoms with E-state index in [1.165, 1.54) is 0 Å². The molecule has 0 atom stereocenters. The molecule has 0 aliphatic carbocycles. The van der Waals surface area contributed by atoms with Gasteiger partial charge in [0.25, 0.3) is 0 Å². The van der Waals surface area contributed by atoms with Crippen molar-refractivity contribution >= 4 is 0 Å². The zero-order valence-corrected chi connectivity index (χ0v) is 8.64. The third-order valence-electron chi connectivity index (χ3n) is 1.73. The van der Waals surface area contributed by atoms with Crippen molar-refractivity contribution in [2.45, 2.75) is 27.7 Å². The number of hydrogen-bond acceptors (Lipinski definition) is 2. The Morgan fingerprint density at radius 1 is 1.33 bits per heavy atom. The van der Waals surface area contributed by atoms with Crippen LogP contribution in [0.15, 0.2) is 23.6 Å². The number of hydrogen-bond donors (Lipinski definition) is 1. The molecule has 0 bridgehead atoms. The van der Waals surface area contributed by atoms with Gasteiger partial charge < -0.3 is 10.5 Å². The monoisotopic (exact) mass is 169 g/mol. The van der Waals surface area contributed by atoms with Crippen LogP contribution in [0.4, 0.5) is 0 Å². The summed E-state index contributed by atoms with van der Waals surface area (Å²) in [7, 11) is 1.66. The van der Waals surface area contributed by atoms with Crippen LogP contribution in [-0.4, -0.2) is 7.11 Å². The molecular formula is C10H19NO. The van der Waals surface area contributed by atoms with Gasteiger partial charge in [0.2, 0.25) is 0 Å². The maximum atomic E-state index is 5.50. The van der Waals surface area contributed by atoms with E-state index >= 15 is 0 Å². The molecule has 0 aromatic carbocycles.